The first-order chi connectivity index (χ1) is 20.4. The highest BCUT2D eigenvalue weighted by molar-refractivity contribution is 5.96. The first-order valence-corrected chi connectivity index (χ1v) is 13.7. The molecule has 2 amide bonds. The highest BCUT2D eigenvalue weighted by Gasteiger charge is 2.25. The monoisotopic (exact) mass is 571 g/mol. The van der Waals surface area contributed by atoms with Gasteiger partial charge in [-0.2, -0.15) is 0 Å². The number of ether oxygens (including phenoxy) is 1. The van der Waals surface area contributed by atoms with Gasteiger partial charge in [-0.1, -0.05) is 18.2 Å². The van der Waals surface area contributed by atoms with E-state index in [4.69, 9.17) is 4.74 Å². The minimum absolute atomic E-state index is 0.0808. The standard InChI is InChI=1S/C32H31F2N5O3/c1-42-28-12-8-24(9-13-28)29-14-15-30(36-35-29)37-16-3-17-38(19-18-37)31(40)22-39(21-23-6-10-26(33)11-7-23)32(41)25-4-2-5-27(34)20-25/h2,4-15,20H,3,16-19,21-22H2,1H3. The van der Waals surface area contributed by atoms with E-state index in [1.165, 1.54) is 35.2 Å². The summed E-state index contributed by atoms with van der Waals surface area (Å²) in [5.41, 5.74) is 2.48. The molecule has 0 atom stereocenters. The van der Waals surface area contributed by atoms with Crippen LogP contribution in [-0.2, 0) is 11.3 Å². The van der Waals surface area contributed by atoms with Gasteiger partial charge < -0.3 is 19.4 Å². The summed E-state index contributed by atoms with van der Waals surface area (Å²) < 4.78 is 32.5. The van der Waals surface area contributed by atoms with Crippen LogP contribution in [-0.4, -0.2) is 71.6 Å². The Kier molecular flexibility index (Phi) is 9.01. The highest BCUT2D eigenvalue weighted by atomic mass is 19.1. The van der Waals surface area contributed by atoms with Crippen LogP contribution in [0, 0.1) is 11.6 Å². The van der Waals surface area contributed by atoms with Gasteiger partial charge in [0.1, 0.15) is 23.9 Å². The zero-order valence-electron chi connectivity index (χ0n) is 23.2. The maximum atomic E-state index is 13.9. The molecule has 3 aromatic carbocycles. The summed E-state index contributed by atoms with van der Waals surface area (Å²) in [7, 11) is 1.62. The van der Waals surface area contributed by atoms with Crippen molar-refractivity contribution in [3.63, 3.8) is 0 Å². The predicted molar refractivity (Wildman–Crippen MR) is 155 cm³/mol. The molecule has 4 aromatic rings. The van der Waals surface area contributed by atoms with E-state index in [9.17, 15) is 18.4 Å². The summed E-state index contributed by atoms with van der Waals surface area (Å²) in [6.45, 7) is 2.10. The molecule has 8 nitrogen and oxygen atoms in total. The fraction of sp³-hybridized carbons (Fsp3) is 0.250. The van der Waals surface area contributed by atoms with Crippen molar-refractivity contribution in [2.75, 3.05) is 44.7 Å². The van der Waals surface area contributed by atoms with Crippen LogP contribution in [0.4, 0.5) is 14.6 Å². The molecule has 0 N–H and O–H groups in total. The van der Waals surface area contributed by atoms with Crippen molar-refractivity contribution in [3.8, 4) is 17.0 Å². The van der Waals surface area contributed by atoms with Crippen molar-refractivity contribution >= 4 is 17.6 Å². The van der Waals surface area contributed by atoms with Gasteiger partial charge >= 0.3 is 0 Å². The SMILES string of the molecule is COc1ccc(-c2ccc(N3CCCN(C(=O)CN(Cc4ccc(F)cc4)C(=O)c4cccc(F)c4)CC3)nn2)cc1. The van der Waals surface area contributed by atoms with E-state index >= 15 is 0 Å². The number of benzene rings is 3. The summed E-state index contributed by atoms with van der Waals surface area (Å²) in [5.74, 6) is -0.140. The molecule has 216 valence electrons. The summed E-state index contributed by atoms with van der Waals surface area (Å²) in [6.07, 6.45) is 0.712. The Labute approximate surface area is 243 Å². The smallest absolute Gasteiger partial charge is 0.254 e. The van der Waals surface area contributed by atoms with E-state index in [0.29, 0.717) is 38.2 Å². The van der Waals surface area contributed by atoms with Gasteiger partial charge in [0.15, 0.2) is 5.82 Å². The number of anilines is 1. The Hall–Kier alpha value is -4.86. The minimum atomic E-state index is -0.540. The lowest BCUT2D eigenvalue weighted by Gasteiger charge is -2.27. The molecule has 10 heteroatoms. The Morgan fingerprint density at radius 1 is 0.857 bits per heavy atom. The lowest BCUT2D eigenvalue weighted by Crippen LogP contribution is -2.44. The molecular formula is C32H31F2N5O3. The number of hydrogen-bond acceptors (Lipinski definition) is 6. The van der Waals surface area contributed by atoms with Gasteiger partial charge in [0.2, 0.25) is 5.91 Å². The molecule has 0 unspecified atom stereocenters. The summed E-state index contributed by atoms with van der Waals surface area (Å²) in [6, 6.07) is 22.6. The molecule has 1 fully saturated rings. The fourth-order valence-corrected chi connectivity index (χ4v) is 4.88. The predicted octanol–water partition coefficient (Wildman–Crippen LogP) is 4.81. The van der Waals surface area contributed by atoms with Crippen LogP contribution < -0.4 is 9.64 Å². The van der Waals surface area contributed by atoms with Crippen LogP contribution in [0.15, 0.2) is 84.9 Å². The molecule has 5 rings (SSSR count). The number of halogens is 2. The second-order valence-electron chi connectivity index (χ2n) is 10.0. The summed E-state index contributed by atoms with van der Waals surface area (Å²) in [5, 5.41) is 8.83. The minimum Gasteiger partial charge on any atom is -0.497 e. The quantitative estimate of drug-likeness (QED) is 0.302. The molecular weight excluding hydrogens is 540 g/mol. The largest absolute Gasteiger partial charge is 0.497 e. The fourth-order valence-electron chi connectivity index (χ4n) is 4.88. The average Bonchev–Trinajstić information content (AvgIpc) is 3.28. The van der Waals surface area contributed by atoms with Crippen molar-refractivity contribution in [3.05, 3.63) is 108 Å². The Morgan fingerprint density at radius 2 is 1.64 bits per heavy atom. The van der Waals surface area contributed by atoms with E-state index in [1.807, 2.05) is 36.4 Å². The van der Waals surface area contributed by atoms with Crippen molar-refractivity contribution in [1.82, 2.24) is 20.0 Å². The molecule has 0 spiro atoms. The molecule has 0 aliphatic carbocycles. The van der Waals surface area contributed by atoms with Crippen molar-refractivity contribution in [1.29, 1.82) is 0 Å². The van der Waals surface area contributed by atoms with Crippen LogP contribution >= 0.6 is 0 Å². The van der Waals surface area contributed by atoms with Gasteiger partial charge in [-0.05, 0) is 78.7 Å². The van der Waals surface area contributed by atoms with Gasteiger partial charge in [-0.25, -0.2) is 8.78 Å². The molecule has 0 radical (unpaired) electrons. The van der Waals surface area contributed by atoms with Gasteiger partial charge in [0.05, 0.1) is 12.8 Å². The number of amides is 2. The molecule has 2 heterocycles. The van der Waals surface area contributed by atoms with Crippen LogP contribution in [0.25, 0.3) is 11.3 Å². The molecule has 1 aliphatic rings. The normalized spacial score (nSPS) is 13.4. The van der Waals surface area contributed by atoms with E-state index in [0.717, 1.165) is 28.9 Å². The van der Waals surface area contributed by atoms with Crippen LogP contribution in [0.1, 0.15) is 22.3 Å². The van der Waals surface area contributed by atoms with Crippen LogP contribution in [0.2, 0.25) is 0 Å². The van der Waals surface area contributed by atoms with Crippen molar-refractivity contribution in [2.24, 2.45) is 0 Å². The van der Waals surface area contributed by atoms with E-state index in [-0.39, 0.29) is 24.6 Å². The number of nitrogens with zero attached hydrogens (tertiary/aromatic N) is 5. The number of hydrogen-bond donors (Lipinski definition) is 0. The van der Waals surface area contributed by atoms with Gasteiger partial charge in [0.25, 0.3) is 5.91 Å². The van der Waals surface area contributed by atoms with Crippen LogP contribution in [0.3, 0.4) is 0 Å². The first kappa shape index (κ1) is 28.7. The third-order valence-electron chi connectivity index (χ3n) is 7.18. The first-order valence-electron chi connectivity index (χ1n) is 13.7. The number of carbonyl (C=O) groups excluding carboxylic acids is 2. The van der Waals surface area contributed by atoms with Crippen molar-refractivity contribution in [2.45, 2.75) is 13.0 Å². The molecule has 42 heavy (non-hydrogen) atoms. The molecule has 1 aliphatic heterocycles. The van der Waals surface area contributed by atoms with E-state index in [2.05, 4.69) is 15.1 Å². The lowest BCUT2D eigenvalue weighted by molar-refractivity contribution is -0.131. The second-order valence-corrected chi connectivity index (χ2v) is 10.0. The zero-order chi connectivity index (χ0) is 29.5. The Morgan fingerprint density at radius 3 is 2.33 bits per heavy atom. The highest BCUT2D eigenvalue weighted by Crippen LogP contribution is 2.22. The van der Waals surface area contributed by atoms with Gasteiger partial charge in [-0.15, -0.1) is 10.2 Å². The summed E-state index contributed by atoms with van der Waals surface area (Å²) in [4.78, 5) is 32.0. The van der Waals surface area contributed by atoms with Gasteiger partial charge in [0, 0.05) is 43.9 Å². The topological polar surface area (TPSA) is 78.9 Å². The average molecular weight is 572 g/mol. The lowest BCUT2D eigenvalue weighted by atomic mass is 10.1. The van der Waals surface area contributed by atoms with Crippen LogP contribution in [0.5, 0.6) is 5.75 Å². The molecule has 0 bridgehead atoms. The molecule has 0 saturated carbocycles. The Bertz CT molecular complexity index is 1510. The van der Waals surface area contributed by atoms with E-state index in [1.54, 1.807) is 24.1 Å². The van der Waals surface area contributed by atoms with Crippen molar-refractivity contribution < 1.29 is 23.1 Å². The molecule has 1 aromatic heterocycles. The summed E-state index contributed by atoms with van der Waals surface area (Å²) >= 11 is 0. The number of methoxy groups -OCH3 is 1. The van der Waals surface area contributed by atoms with Gasteiger partial charge in [-0.3, -0.25) is 9.59 Å². The Balaban J connectivity index is 1.24. The maximum Gasteiger partial charge on any atom is 0.254 e. The molecule has 1 saturated heterocycles. The third kappa shape index (κ3) is 7.06. The maximum absolute atomic E-state index is 13.9. The third-order valence-corrected chi connectivity index (χ3v) is 7.18. The second kappa shape index (κ2) is 13.2. The number of rotatable bonds is 8. The van der Waals surface area contributed by atoms with E-state index < -0.39 is 17.5 Å². The number of carbonyl (C=O) groups is 2. The number of aromatic nitrogens is 2. The zero-order valence-corrected chi connectivity index (χ0v) is 23.2.